The van der Waals surface area contributed by atoms with Crippen LogP contribution in [-0.2, 0) is 35.8 Å². The molecule has 3 heterocycles. The number of nitro groups is 1. The molecule has 0 aliphatic heterocycles. The number of rotatable bonds is 9. The molecule has 0 atom stereocenters. The number of hydrogen-bond acceptors (Lipinski definition) is 9. The molecule has 288 valence electrons. The lowest BCUT2D eigenvalue weighted by atomic mass is 9.86. The molecule has 2 amide bonds. The highest BCUT2D eigenvalue weighted by molar-refractivity contribution is 7.17. The van der Waals surface area contributed by atoms with Gasteiger partial charge in [0.1, 0.15) is 10.7 Å². The molecule has 2 aliphatic carbocycles. The van der Waals surface area contributed by atoms with E-state index in [0.29, 0.717) is 68.9 Å². The minimum absolute atomic E-state index is 0.00512. The summed E-state index contributed by atoms with van der Waals surface area (Å²) >= 11 is 1.33. The maximum Gasteiger partial charge on any atom is 0.339 e. The lowest BCUT2D eigenvalue weighted by molar-refractivity contribution is -0.384. The van der Waals surface area contributed by atoms with Crippen molar-refractivity contribution in [3.63, 3.8) is 0 Å². The SMILES string of the molecule is Cc1c(NC(=O)c2c(NC(=O)COC(=O)c3c4c(nc5ccccc35)/C(=C\c3ccc([N+](=O)[O-])cc3)CCC4)sc3c2CCCC3)c(=O)n(-c2ccccc2)n1C. The average Bonchev–Trinajstić information content (AvgIpc) is 3.68. The van der Waals surface area contributed by atoms with Crippen molar-refractivity contribution in [1.82, 2.24) is 14.3 Å². The third kappa shape index (κ3) is 7.15. The van der Waals surface area contributed by atoms with E-state index in [1.807, 2.05) is 54.6 Å². The van der Waals surface area contributed by atoms with Gasteiger partial charge in [-0.2, -0.15) is 0 Å². The van der Waals surface area contributed by atoms with E-state index in [4.69, 9.17) is 9.72 Å². The van der Waals surface area contributed by atoms with Gasteiger partial charge >= 0.3 is 5.97 Å². The van der Waals surface area contributed by atoms with E-state index in [1.54, 1.807) is 36.9 Å². The number of aromatic nitrogens is 3. The minimum atomic E-state index is -0.672. The third-order valence-electron chi connectivity index (χ3n) is 10.6. The van der Waals surface area contributed by atoms with Gasteiger partial charge in [0, 0.05) is 29.4 Å². The first kappa shape index (κ1) is 37.3. The van der Waals surface area contributed by atoms with Crippen molar-refractivity contribution < 1.29 is 24.0 Å². The van der Waals surface area contributed by atoms with Gasteiger partial charge in [-0.3, -0.25) is 29.2 Å². The second-order valence-electron chi connectivity index (χ2n) is 14.1. The highest BCUT2D eigenvalue weighted by Gasteiger charge is 2.30. The van der Waals surface area contributed by atoms with Crippen molar-refractivity contribution in [3.05, 3.63) is 143 Å². The molecule has 0 saturated heterocycles. The first-order chi connectivity index (χ1) is 27.6. The Bertz CT molecular complexity index is 2690. The zero-order valence-corrected chi connectivity index (χ0v) is 32.1. The number of hydrogen-bond donors (Lipinski definition) is 2. The van der Waals surface area contributed by atoms with Crippen molar-refractivity contribution in [3.8, 4) is 5.69 Å². The Labute approximate surface area is 330 Å². The number of thiophene rings is 1. The fraction of sp³-hybridized carbons (Fsp3) is 0.233. The van der Waals surface area contributed by atoms with Crippen LogP contribution in [0, 0.1) is 17.0 Å². The quantitative estimate of drug-likeness (QED) is 0.0851. The summed E-state index contributed by atoms with van der Waals surface area (Å²) in [5.41, 5.74) is 6.09. The molecular formula is C43H38N6O7S. The van der Waals surface area contributed by atoms with Crippen LogP contribution in [0.15, 0.2) is 83.7 Å². The van der Waals surface area contributed by atoms with E-state index in [2.05, 4.69) is 10.6 Å². The third-order valence-corrected chi connectivity index (χ3v) is 11.8. The molecule has 13 nitrogen and oxygen atoms in total. The first-order valence-corrected chi connectivity index (χ1v) is 19.5. The molecule has 0 saturated carbocycles. The number of esters is 1. The highest BCUT2D eigenvalue weighted by atomic mass is 32.1. The van der Waals surface area contributed by atoms with E-state index in [1.165, 1.54) is 28.2 Å². The smallest absolute Gasteiger partial charge is 0.339 e. The summed E-state index contributed by atoms with van der Waals surface area (Å²) in [5.74, 6) is -1.78. The molecule has 57 heavy (non-hydrogen) atoms. The number of pyridine rings is 1. The van der Waals surface area contributed by atoms with Crippen molar-refractivity contribution in [2.45, 2.75) is 51.9 Å². The summed E-state index contributed by atoms with van der Waals surface area (Å²) < 4.78 is 8.89. The van der Waals surface area contributed by atoms with E-state index in [-0.39, 0.29) is 16.9 Å². The van der Waals surface area contributed by atoms with Crippen LogP contribution in [0.4, 0.5) is 16.4 Å². The predicted molar refractivity (Wildman–Crippen MR) is 219 cm³/mol. The normalized spacial score (nSPS) is 14.2. The number of carbonyl (C=O) groups excluding carboxylic acids is 3. The van der Waals surface area contributed by atoms with Crippen LogP contribution >= 0.6 is 11.3 Å². The summed E-state index contributed by atoms with van der Waals surface area (Å²) in [6, 6.07) is 22.7. The molecule has 6 aromatic rings. The van der Waals surface area contributed by atoms with Gasteiger partial charge in [-0.05, 0) is 111 Å². The van der Waals surface area contributed by atoms with Crippen LogP contribution in [0.1, 0.15) is 79.4 Å². The Morgan fingerprint density at radius 2 is 1.61 bits per heavy atom. The second kappa shape index (κ2) is 15.5. The standard InChI is InChI=1S/C43H38N6O7S/c1-25-38(42(52)48(47(25)2)28-12-4-3-5-13-28)46-40(51)37-31-15-7-9-18-34(31)57-41(37)45-35(50)24-56-43(53)36-30-14-6-8-17-33(30)44-39-27(11-10-16-32(36)39)23-26-19-21-29(22-20-26)49(54)55/h3-6,8,12-14,17,19-23H,7,9-11,15-16,18,24H2,1-2H3,(H,45,50)(H,46,51)/b27-23-. The molecule has 8 rings (SSSR count). The molecule has 0 radical (unpaired) electrons. The number of nitro benzene ring substituents is 1. The van der Waals surface area contributed by atoms with Gasteiger partial charge in [0.15, 0.2) is 6.61 Å². The fourth-order valence-electron chi connectivity index (χ4n) is 7.75. The predicted octanol–water partition coefficient (Wildman–Crippen LogP) is 7.81. The molecule has 0 fully saturated rings. The van der Waals surface area contributed by atoms with E-state index in [0.717, 1.165) is 47.3 Å². The van der Waals surface area contributed by atoms with Gasteiger partial charge in [-0.25, -0.2) is 14.5 Å². The molecule has 14 heteroatoms. The highest BCUT2D eigenvalue weighted by Crippen LogP contribution is 2.39. The van der Waals surface area contributed by atoms with Gasteiger partial charge in [-0.1, -0.05) is 36.4 Å². The van der Waals surface area contributed by atoms with E-state index < -0.39 is 29.3 Å². The summed E-state index contributed by atoms with van der Waals surface area (Å²) in [4.78, 5) is 71.9. The first-order valence-electron chi connectivity index (χ1n) is 18.7. The molecule has 3 aromatic heterocycles. The number of non-ortho nitro benzene ring substituents is 1. The van der Waals surface area contributed by atoms with Crippen molar-refractivity contribution in [2.24, 2.45) is 7.05 Å². The number of amides is 2. The van der Waals surface area contributed by atoms with E-state index >= 15 is 0 Å². The Balaban J connectivity index is 1.04. The van der Waals surface area contributed by atoms with Crippen molar-refractivity contribution >= 4 is 68.0 Å². The molecular weight excluding hydrogens is 745 g/mol. The number of nitrogens with one attached hydrogen (secondary N) is 2. The molecule has 3 aromatic carbocycles. The van der Waals surface area contributed by atoms with Crippen LogP contribution < -0.4 is 16.2 Å². The topological polar surface area (TPSA) is 167 Å². The summed E-state index contributed by atoms with van der Waals surface area (Å²) in [6.07, 6.45) is 7.18. The molecule has 0 bridgehead atoms. The van der Waals surface area contributed by atoms with Crippen molar-refractivity contribution in [2.75, 3.05) is 17.2 Å². The average molecular weight is 783 g/mol. The van der Waals surface area contributed by atoms with Crippen LogP contribution in [0.5, 0.6) is 0 Å². The number of allylic oxidation sites excluding steroid dienone is 1. The lowest BCUT2D eigenvalue weighted by Gasteiger charge is -2.22. The van der Waals surface area contributed by atoms with Gasteiger partial charge in [0.05, 0.1) is 38.6 Å². The van der Waals surface area contributed by atoms with Gasteiger partial charge < -0.3 is 15.4 Å². The Morgan fingerprint density at radius 1 is 0.895 bits per heavy atom. The van der Waals surface area contributed by atoms with E-state index in [9.17, 15) is 29.3 Å². The maximum absolute atomic E-state index is 14.1. The number of carbonyl (C=O) groups is 3. The summed E-state index contributed by atoms with van der Waals surface area (Å²) in [5, 5.41) is 17.8. The van der Waals surface area contributed by atoms with Crippen LogP contribution in [0.3, 0.4) is 0 Å². The monoisotopic (exact) mass is 782 g/mol. The number of fused-ring (bicyclic) bond motifs is 3. The molecule has 0 unspecified atom stereocenters. The number of para-hydroxylation sites is 2. The number of nitrogens with zero attached hydrogens (tertiary/aromatic N) is 4. The van der Waals surface area contributed by atoms with Crippen LogP contribution in [-0.4, -0.2) is 43.7 Å². The van der Waals surface area contributed by atoms with Crippen molar-refractivity contribution in [1.29, 1.82) is 0 Å². The zero-order valence-electron chi connectivity index (χ0n) is 31.3. The summed E-state index contributed by atoms with van der Waals surface area (Å²) in [6.45, 7) is 1.16. The number of ether oxygens (including phenoxy) is 1. The van der Waals surface area contributed by atoms with Gasteiger partial charge in [-0.15, -0.1) is 11.3 Å². The largest absolute Gasteiger partial charge is 0.452 e. The zero-order chi connectivity index (χ0) is 39.8. The Kier molecular flexibility index (Phi) is 10.1. The number of anilines is 2. The number of benzene rings is 3. The van der Waals surface area contributed by atoms with Crippen LogP contribution in [0.25, 0.3) is 28.2 Å². The minimum Gasteiger partial charge on any atom is -0.452 e. The summed E-state index contributed by atoms with van der Waals surface area (Å²) in [7, 11) is 1.75. The van der Waals surface area contributed by atoms with Crippen LogP contribution in [0.2, 0.25) is 0 Å². The molecule has 0 spiro atoms. The maximum atomic E-state index is 14.1. The second-order valence-corrected chi connectivity index (χ2v) is 15.2. The van der Waals surface area contributed by atoms with Gasteiger partial charge in [0.25, 0.3) is 23.1 Å². The number of aryl methyl sites for hydroxylation is 1. The molecule has 2 N–H and O–H groups in total. The lowest BCUT2D eigenvalue weighted by Crippen LogP contribution is -2.25. The molecule has 2 aliphatic rings. The van der Waals surface area contributed by atoms with Gasteiger partial charge in [0.2, 0.25) is 0 Å². The fourth-order valence-corrected chi connectivity index (χ4v) is 9.05. The Morgan fingerprint density at radius 3 is 2.39 bits per heavy atom. The Hall–Kier alpha value is -6.67.